The van der Waals surface area contributed by atoms with Gasteiger partial charge in [0.15, 0.2) is 0 Å². The molecule has 5 nitrogen and oxygen atoms in total. The van der Waals surface area contributed by atoms with Crippen LogP contribution in [-0.2, 0) is 16.2 Å². The molecule has 0 radical (unpaired) electrons. The Morgan fingerprint density at radius 2 is 0.975 bits per heavy atom. The zero-order valence-electron chi connectivity index (χ0n) is 46.2. The number of rotatable bonds is 9. The molecule has 0 spiro atoms. The topological polar surface area (TPSA) is 33.5 Å². The number of aromatic nitrogens is 2. The van der Waals surface area contributed by atoms with Crippen molar-refractivity contribution in [1.29, 1.82) is 0 Å². The van der Waals surface area contributed by atoms with E-state index in [9.17, 15) is 0 Å². The van der Waals surface area contributed by atoms with Crippen LogP contribution in [0.4, 0.5) is 22.7 Å². The van der Waals surface area contributed by atoms with Crippen LogP contribution < -0.4 is 14.5 Å². The molecule has 12 aromatic rings. The van der Waals surface area contributed by atoms with Crippen molar-refractivity contribution >= 4 is 44.6 Å². The zero-order chi connectivity index (χ0) is 54.3. The van der Waals surface area contributed by atoms with Crippen molar-refractivity contribution in [2.45, 2.75) is 57.8 Å². The first-order valence-corrected chi connectivity index (χ1v) is 28.0. The Labute approximate surface area is 469 Å². The number of nitrogens with zero attached hydrogens (tertiary/aromatic N) is 4. The van der Waals surface area contributed by atoms with Gasteiger partial charge in [-0.2, -0.15) is 0 Å². The molecule has 0 amide bonds. The molecule has 10 aromatic carbocycles. The number of anilines is 4. The highest BCUT2D eigenvalue weighted by Gasteiger charge is 2.47. The van der Waals surface area contributed by atoms with E-state index in [1.165, 1.54) is 66.6 Å². The van der Waals surface area contributed by atoms with E-state index in [1.54, 1.807) is 0 Å². The van der Waals surface area contributed by atoms with E-state index in [1.807, 2.05) is 6.20 Å². The van der Waals surface area contributed by atoms with Crippen LogP contribution in [0.1, 0.15) is 74.9 Å². The van der Waals surface area contributed by atoms with Gasteiger partial charge in [0.25, 0.3) is 0 Å². The van der Waals surface area contributed by atoms with Crippen LogP contribution >= 0.6 is 0 Å². The van der Waals surface area contributed by atoms with Crippen molar-refractivity contribution in [1.82, 2.24) is 9.55 Å². The predicted octanol–water partition coefficient (Wildman–Crippen LogP) is 19.5. The summed E-state index contributed by atoms with van der Waals surface area (Å²) < 4.78 is 9.75. The third-order valence-electron chi connectivity index (χ3n) is 16.7. The van der Waals surface area contributed by atoms with Gasteiger partial charge in [0.2, 0.25) is 0 Å². The summed E-state index contributed by atoms with van der Waals surface area (Å²) in [7, 11) is 0. The molecule has 1 aliphatic carbocycles. The van der Waals surface area contributed by atoms with Crippen LogP contribution in [0, 0.1) is 0 Å². The van der Waals surface area contributed by atoms with Gasteiger partial charge >= 0.3 is 0 Å². The van der Waals surface area contributed by atoms with E-state index in [0.29, 0.717) is 6.67 Å². The Hall–Kier alpha value is -9.45. The highest BCUT2D eigenvalue weighted by Crippen LogP contribution is 2.58. The molecule has 0 fully saturated rings. The third kappa shape index (κ3) is 8.02. The van der Waals surface area contributed by atoms with Crippen molar-refractivity contribution in [2.75, 3.05) is 16.5 Å². The molecule has 0 bridgehead atoms. The highest BCUT2D eigenvalue weighted by molar-refractivity contribution is 6.09. The second-order valence-electron chi connectivity index (χ2n) is 23.6. The van der Waals surface area contributed by atoms with Crippen molar-refractivity contribution in [3.8, 4) is 50.7 Å². The number of para-hydroxylation sites is 4. The van der Waals surface area contributed by atoms with E-state index in [-0.39, 0.29) is 10.8 Å². The van der Waals surface area contributed by atoms with Gasteiger partial charge in [0.1, 0.15) is 24.0 Å². The van der Waals surface area contributed by atoms with E-state index in [2.05, 4.69) is 305 Å². The summed E-state index contributed by atoms with van der Waals surface area (Å²) >= 11 is 0. The lowest BCUT2D eigenvalue weighted by Crippen LogP contribution is -2.30. The monoisotopic (exact) mass is 1030 g/mol. The molecular weight excluding hydrogens is 973 g/mol. The highest BCUT2D eigenvalue weighted by atomic mass is 16.5. The SMILES string of the molecule is CC(C)(C)c1ccc(C2(c3cc(Oc4ccc5c6ccccc6n(-c6cc(C(C)(C)C)ccn6)c5c4)cc(N4CN(c5c(-c6ccccc6)cccc5-c5ccccc5)c5ccccc54)c3)c3ccccc3-c3ccccc32)cc1. The molecule has 5 heteroatoms. The molecule has 14 rings (SSSR count). The number of ether oxygens (including phenoxy) is 1. The van der Waals surface area contributed by atoms with Gasteiger partial charge in [0, 0.05) is 45.9 Å². The van der Waals surface area contributed by atoms with Gasteiger partial charge in [0.05, 0.1) is 33.5 Å². The molecule has 388 valence electrons. The van der Waals surface area contributed by atoms with Gasteiger partial charge in [-0.25, -0.2) is 4.98 Å². The smallest absolute Gasteiger partial charge is 0.137 e. The Morgan fingerprint density at radius 3 is 1.62 bits per heavy atom. The van der Waals surface area contributed by atoms with Gasteiger partial charge in [-0.15, -0.1) is 0 Å². The van der Waals surface area contributed by atoms with Gasteiger partial charge in [-0.1, -0.05) is 224 Å². The lowest BCUT2D eigenvalue weighted by Gasteiger charge is -2.35. The Bertz CT molecular complexity index is 4230. The first kappa shape index (κ1) is 48.9. The van der Waals surface area contributed by atoms with E-state index >= 15 is 0 Å². The molecule has 0 unspecified atom stereocenters. The maximum Gasteiger partial charge on any atom is 0.137 e. The second-order valence-corrected chi connectivity index (χ2v) is 23.6. The Morgan fingerprint density at radius 1 is 0.412 bits per heavy atom. The third-order valence-corrected chi connectivity index (χ3v) is 16.7. The fourth-order valence-electron chi connectivity index (χ4n) is 12.8. The molecule has 2 aromatic heterocycles. The number of benzene rings is 10. The van der Waals surface area contributed by atoms with Crippen LogP contribution in [0.25, 0.3) is 61.0 Å². The van der Waals surface area contributed by atoms with Crippen LogP contribution in [0.15, 0.2) is 255 Å². The van der Waals surface area contributed by atoms with Crippen molar-refractivity contribution in [3.63, 3.8) is 0 Å². The van der Waals surface area contributed by atoms with Crippen LogP contribution in [0.2, 0.25) is 0 Å². The molecule has 2 aliphatic rings. The minimum Gasteiger partial charge on any atom is -0.457 e. The summed E-state index contributed by atoms with van der Waals surface area (Å²) in [6.07, 6.45) is 1.94. The molecule has 3 heterocycles. The summed E-state index contributed by atoms with van der Waals surface area (Å²) in [5, 5.41) is 2.31. The summed E-state index contributed by atoms with van der Waals surface area (Å²) in [5.74, 6) is 2.36. The van der Waals surface area contributed by atoms with Crippen molar-refractivity contribution in [3.05, 3.63) is 288 Å². The van der Waals surface area contributed by atoms with Crippen molar-refractivity contribution < 1.29 is 4.74 Å². The average Bonchev–Trinajstić information content (AvgIpc) is 4.25. The number of hydrogen-bond acceptors (Lipinski definition) is 4. The molecule has 0 saturated carbocycles. The maximum absolute atomic E-state index is 7.45. The first-order valence-electron chi connectivity index (χ1n) is 28.0. The quantitative estimate of drug-likeness (QED) is 0.144. The Kier molecular flexibility index (Phi) is 11.5. The van der Waals surface area contributed by atoms with Gasteiger partial charge in [-0.3, -0.25) is 4.57 Å². The second kappa shape index (κ2) is 18.9. The predicted molar refractivity (Wildman–Crippen MR) is 333 cm³/mol. The summed E-state index contributed by atoms with van der Waals surface area (Å²) in [4.78, 5) is 10.0. The maximum atomic E-state index is 7.45. The molecule has 80 heavy (non-hydrogen) atoms. The van der Waals surface area contributed by atoms with E-state index in [4.69, 9.17) is 9.72 Å². The van der Waals surface area contributed by atoms with Crippen molar-refractivity contribution in [2.24, 2.45) is 0 Å². The number of pyridine rings is 1. The molecule has 0 saturated heterocycles. The molecule has 0 atom stereocenters. The lowest BCUT2D eigenvalue weighted by atomic mass is 9.67. The van der Waals surface area contributed by atoms with Crippen LogP contribution in [0.5, 0.6) is 11.5 Å². The fraction of sp³-hybridized carbons (Fsp3) is 0.133. The normalized spacial score (nSPS) is 13.6. The summed E-state index contributed by atoms with van der Waals surface area (Å²) in [6.45, 7) is 14.2. The minimum absolute atomic E-state index is 0.0229. The van der Waals surface area contributed by atoms with Crippen LogP contribution in [-0.4, -0.2) is 16.2 Å². The zero-order valence-corrected chi connectivity index (χ0v) is 46.2. The standard InChI is InChI=1S/C75H62N4O/c1-73(2,3)52-36-38-53(39-37-52)75(65-31-16-13-26-61(65)62-27-14-17-32-66(62)75)55-44-56(47-58(45-55)80-57-40-41-64-63-28-15-18-33-67(63)79(70(64)48-57)71-46-54(42-43-76-71)74(4,5)6)77-49-78(69-35-20-19-34-68(69)77)72-59(50-22-9-7-10-23-50)29-21-30-60(72)51-24-11-8-12-25-51/h7-48H,49H2,1-6H3. The van der Waals surface area contributed by atoms with Gasteiger partial charge < -0.3 is 14.5 Å². The molecule has 0 N–H and O–H groups in total. The molecular formula is C75H62N4O. The molecule has 1 aliphatic heterocycles. The number of hydrogen-bond donors (Lipinski definition) is 0. The number of fused-ring (bicyclic) bond motifs is 7. The Balaban J connectivity index is 1.00. The van der Waals surface area contributed by atoms with Gasteiger partial charge in [-0.05, 0) is 121 Å². The summed E-state index contributed by atoms with van der Waals surface area (Å²) in [5.41, 5.74) is 20.3. The first-order chi connectivity index (χ1) is 38.9. The lowest BCUT2D eigenvalue weighted by molar-refractivity contribution is 0.482. The van der Waals surface area contributed by atoms with Crippen LogP contribution in [0.3, 0.4) is 0 Å². The average molecular weight is 1040 g/mol. The fourth-order valence-corrected chi connectivity index (χ4v) is 12.8. The summed E-state index contributed by atoms with van der Waals surface area (Å²) in [6, 6.07) is 91.3. The van der Waals surface area contributed by atoms with E-state index in [0.717, 1.165) is 62.0 Å². The largest absolute Gasteiger partial charge is 0.457 e. The minimum atomic E-state index is -0.711. The van der Waals surface area contributed by atoms with E-state index < -0.39 is 5.41 Å².